The third kappa shape index (κ3) is 5.06. The van der Waals surface area contributed by atoms with Gasteiger partial charge >= 0.3 is 0 Å². The maximum Gasteiger partial charge on any atom is 0.229 e. The smallest absolute Gasteiger partial charge is 0.229 e. The molecule has 0 aliphatic carbocycles. The van der Waals surface area contributed by atoms with Crippen molar-refractivity contribution >= 4 is 33.4 Å². The molecule has 122 valence electrons. The molecule has 3 aromatic rings. The minimum atomic E-state index is 0.584. The van der Waals surface area contributed by atoms with Crippen LogP contribution in [0.5, 0.6) is 0 Å². The molecule has 0 radical (unpaired) electrons. The second-order valence-corrected chi connectivity index (χ2v) is 6.33. The lowest BCUT2D eigenvalue weighted by molar-refractivity contribution is 0.858. The zero-order chi connectivity index (χ0) is 16.6. The number of nitrogens with one attached hydrogen (secondary N) is 2. The summed E-state index contributed by atoms with van der Waals surface area (Å²) in [4.78, 5) is 8.76. The van der Waals surface area contributed by atoms with Gasteiger partial charge in [0.1, 0.15) is 5.82 Å². The van der Waals surface area contributed by atoms with Crippen LogP contribution in [0.3, 0.4) is 0 Å². The molecule has 0 fully saturated rings. The summed E-state index contributed by atoms with van der Waals surface area (Å²) in [6.07, 6.45) is 3.87. The summed E-state index contributed by atoms with van der Waals surface area (Å²) in [6, 6.07) is 20.3. The Labute approximate surface area is 150 Å². The van der Waals surface area contributed by atoms with Crippen LogP contribution in [0.15, 0.2) is 71.3 Å². The first-order valence-electron chi connectivity index (χ1n) is 7.93. The lowest BCUT2D eigenvalue weighted by Crippen LogP contribution is -2.06. The van der Waals surface area contributed by atoms with E-state index in [9.17, 15) is 0 Å². The number of anilines is 3. The highest BCUT2D eigenvalue weighted by atomic mass is 79.9. The molecule has 1 aromatic heterocycles. The largest absolute Gasteiger partial charge is 0.370 e. The Morgan fingerprint density at radius 2 is 1.83 bits per heavy atom. The number of aromatic nitrogens is 2. The van der Waals surface area contributed by atoms with E-state index < -0.39 is 0 Å². The van der Waals surface area contributed by atoms with Gasteiger partial charge in [-0.05, 0) is 42.7 Å². The van der Waals surface area contributed by atoms with Gasteiger partial charge in [-0.1, -0.05) is 52.3 Å². The predicted octanol–water partition coefficient (Wildman–Crippen LogP) is 5.03. The average molecular weight is 383 g/mol. The van der Waals surface area contributed by atoms with Crippen LogP contribution in [-0.2, 0) is 6.42 Å². The van der Waals surface area contributed by atoms with Gasteiger partial charge in [-0.25, -0.2) is 4.98 Å². The van der Waals surface area contributed by atoms with Crippen molar-refractivity contribution in [3.63, 3.8) is 0 Å². The van der Waals surface area contributed by atoms with Crippen LogP contribution in [-0.4, -0.2) is 16.5 Å². The van der Waals surface area contributed by atoms with Crippen LogP contribution >= 0.6 is 15.9 Å². The summed E-state index contributed by atoms with van der Waals surface area (Å²) >= 11 is 3.46. The molecule has 0 spiro atoms. The van der Waals surface area contributed by atoms with Gasteiger partial charge in [0.2, 0.25) is 5.95 Å². The van der Waals surface area contributed by atoms with Crippen molar-refractivity contribution in [1.82, 2.24) is 9.97 Å². The van der Waals surface area contributed by atoms with Crippen LogP contribution in [0.2, 0.25) is 0 Å². The third-order valence-corrected chi connectivity index (χ3v) is 4.02. The van der Waals surface area contributed by atoms with Gasteiger partial charge in [0.15, 0.2) is 0 Å². The Morgan fingerprint density at radius 1 is 0.958 bits per heavy atom. The summed E-state index contributed by atoms with van der Waals surface area (Å²) in [7, 11) is 0. The Bertz CT molecular complexity index is 777. The van der Waals surface area contributed by atoms with E-state index in [1.807, 2.05) is 36.4 Å². The molecule has 0 atom stereocenters. The van der Waals surface area contributed by atoms with Gasteiger partial charge in [0, 0.05) is 22.9 Å². The summed E-state index contributed by atoms with van der Waals surface area (Å²) < 4.78 is 1.02. The fourth-order valence-electron chi connectivity index (χ4n) is 2.37. The van der Waals surface area contributed by atoms with Gasteiger partial charge in [-0.3, -0.25) is 0 Å². The number of rotatable bonds is 7. The van der Waals surface area contributed by atoms with Crippen LogP contribution in [0.4, 0.5) is 17.5 Å². The first-order chi connectivity index (χ1) is 11.8. The molecule has 0 aliphatic rings. The van der Waals surface area contributed by atoms with Gasteiger partial charge in [-0.2, -0.15) is 4.98 Å². The fourth-order valence-corrected chi connectivity index (χ4v) is 2.77. The normalized spacial score (nSPS) is 10.4. The molecule has 24 heavy (non-hydrogen) atoms. The molecule has 5 heteroatoms. The molecule has 4 nitrogen and oxygen atoms in total. The minimum Gasteiger partial charge on any atom is -0.370 e. The predicted molar refractivity (Wildman–Crippen MR) is 103 cm³/mol. The maximum atomic E-state index is 4.49. The summed E-state index contributed by atoms with van der Waals surface area (Å²) in [5, 5.41) is 6.56. The van der Waals surface area contributed by atoms with Crippen molar-refractivity contribution in [2.45, 2.75) is 12.8 Å². The van der Waals surface area contributed by atoms with Crippen molar-refractivity contribution in [3.05, 3.63) is 76.9 Å². The Morgan fingerprint density at radius 3 is 2.67 bits per heavy atom. The summed E-state index contributed by atoms with van der Waals surface area (Å²) in [5.41, 5.74) is 2.31. The van der Waals surface area contributed by atoms with E-state index in [4.69, 9.17) is 0 Å². The van der Waals surface area contributed by atoms with Gasteiger partial charge in [-0.15, -0.1) is 0 Å². The Kier molecular flexibility index (Phi) is 5.80. The number of nitrogens with zero attached hydrogens (tertiary/aromatic N) is 2. The highest BCUT2D eigenvalue weighted by Gasteiger charge is 2.01. The standard InChI is InChI=1S/C19H19BrN4/c20-16-9-4-10-17(14-16)23-19-22-13-11-18(24-19)21-12-5-8-15-6-2-1-3-7-15/h1-4,6-7,9-11,13-14H,5,8,12H2,(H2,21,22,23,24). The molecule has 0 unspecified atom stereocenters. The van der Waals surface area contributed by atoms with E-state index in [1.54, 1.807) is 6.20 Å². The van der Waals surface area contributed by atoms with Gasteiger partial charge in [0.05, 0.1) is 0 Å². The first kappa shape index (κ1) is 16.5. The number of hydrogen-bond donors (Lipinski definition) is 2. The van der Waals surface area contributed by atoms with Crippen molar-refractivity contribution < 1.29 is 0 Å². The zero-order valence-electron chi connectivity index (χ0n) is 13.2. The number of halogens is 1. The highest BCUT2D eigenvalue weighted by molar-refractivity contribution is 9.10. The van der Waals surface area contributed by atoms with E-state index in [2.05, 4.69) is 60.8 Å². The lowest BCUT2D eigenvalue weighted by Gasteiger charge is -2.08. The Balaban J connectivity index is 1.51. The second kappa shape index (κ2) is 8.45. The second-order valence-electron chi connectivity index (χ2n) is 5.42. The highest BCUT2D eigenvalue weighted by Crippen LogP contribution is 2.19. The van der Waals surface area contributed by atoms with E-state index >= 15 is 0 Å². The Hall–Kier alpha value is -2.40. The SMILES string of the molecule is Brc1cccc(Nc2nccc(NCCCc3ccccc3)n2)c1. The number of aryl methyl sites for hydroxylation is 1. The quantitative estimate of drug-likeness (QED) is 0.562. The number of hydrogen-bond acceptors (Lipinski definition) is 4. The van der Waals surface area contributed by atoms with E-state index in [0.717, 1.165) is 35.4 Å². The van der Waals surface area contributed by atoms with E-state index in [-0.39, 0.29) is 0 Å². The molecule has 0 saturated heterocycles. The van der Waals surface area contributed by atoms with Crippen LogP contribution in [0.25, 0.3) is 0 Å². The monoisotopic (exact) mass is 382 g/mol. The minimum absolute atomic E-state index is 0.584. The van der Waals surface area contributed by atoms with E-state index in [0.29, 0.717) is 5.95 Å². The fraction of sp³-hybridized carbons (Fsp3) is 0.158. The molecule has 2 aromatic carbocycles. The van der Waals surface area contributed by atoms with Crippen LogP contribution < -0.4 is 10.6 Å². The topological polar surface area (TPSA) is 49.8 Å². The molecule has 2 N–H and O–H groups in total. The maximum absolute atomic E-state index is 4.49. The molecule has 1 heterocycles. The molecule has 0 saturated carbocycles. The third-order valence-electron chi connectivity index (χ3n) is 3.53. The van der Waals surface area contributed by atoms with Crippen molar-refractivity contribution in [2.75, 3.05) is 17.2 Å². The molecular formula is C19H19BrN4. The van der Waals surface area contributed by atoms with Crippen LogP contribution in [0.1, 0.15) is 12.0 Å². The molecule has 0 amide bonds. The number of benzene rings is 2. The van der Waals surface area contributed by atoms with Gasteiger partial charge < -0.3 is 10.6 Å². The molecule has 0 aliphatic heterocycles. The first-order valence-corrected chi connectivity index (χ1v) is 8.72. The molecule has 0 bridgehead atoms. The lowest BCUT2D eigenvalue weighted by atomic mass is 10.1. The van der Waals surface area contributed by atoms with Crippen molar-refractivity contribution in [2.24, 2.45) is 0 Å². The van der Waals surface area contributed by atoms with Crippen molar-refractivity contribution in [3.8, 4) is 0 Å². The average Bonchev–Trinajstić information content (AvgIpc) is 2.60. The summed E-state index contributed by atoms with van der Waals surface area (Å²) in [6.45, 7) is 0.877. The molecule has 3 rings (SSSR count). The van der Waals surface area contributed by atoms with Gasteiger partial charge in [0.25, 0.3) is 0 Å². The van der Waals surface area contributed by atoms with E-state index in [1.165, 1.54) is 5.56 Å². The zero-order valence-corrected chi connectivity index (χ0v) is 14.8. The van der Waals surface area contributed by atoms with Crippen molar-refractivity contribution in [1.29, 1.82) is 0 Å². The van der Waals surface area contributed by atoms with Crippen LogP contribution in [0, 0.1) is 0 Å². The summed E-state index contributed by atoms with van der Waals surface area (Å²) in [5.74, 6) is 1.41. The molecular weight excluding hydrogens is 364 g/mol.